The molecule has 1 aromatic carbocycles. The summed E-state index contributed by atoms with van der Waals surface area (Å²) >= 11 is 0. The fraction of sp³-hybridized carbons (Fsp3) is 0.200. The van der Waals surface area contributed by atoms with Crippen molar-refractivity contribution in [1.82, 2.24) is 4.57 Å². The number of allylic oxidation sites excluding steroid dienone is 3. The van der Waals surface area contributed by atoms with Gasteiger partial charge in [0.25, 0.3) is 0 Å². The Bertz CT molecular complexity index is 969. The lowest BCUT2D eigenvalue weighted by Crippen LogP contribution is -2.10. The number of carbonyl (C=O) groups is 2. The molecular weight excluding hydrogens is 334 g/mol. The third kappa shape index (κ3) is 3.95. The molecule has 0 aliphatic heterocycles. The van der Waals surface area contributed by atoms with Crippen LogP contribution >= 0.6 is 0 Å². The molecule has 1 aromatic heterocycles. The van der Waals surface area contributed by atoms with E-state index in [1.165, 1.54) is 0 Å². The Hall–Kier alpha value is -3.46. The third-order valence-electron chi connectivity index (χ3n) is 3.78. The maximum absolute atomic E-state index is 11.8. The van der Waals surface area contributed by atoms with Gasteiger partial charge in [-0.2, -0.15) is 0 Å². The van der Waals surface area contributed by atoms with Gasteiger partial charge in [0.1, 0.15) is 5.75 Å². The van der Waals surface area contributed by atoms with Crippen LogP contribution in [0.3, 0.4) is 0 Å². The van der Waals surface area contributed by atoms with Crippen LogP contribution in [0, 0.1) is 18.8 Å². The average molecular weight is 353 g/mol. The van der Waals surface area contributed by atoms with Crippen molar-refractivity contribution in [3.63, 3.8) is 0 Å². The molecule has 2 rings (SSSR count). The fourth-order valence-electron chi connectivity index (χ4n) is 2.72. The van der Waals surface area contributed by atoms with E-state index in [0.29, 0.717) is 23.1 Å². The number of carboxylic acid groups (broad SMARTS) is 2. The summed E-state index contributed by atoms with van der Waals surface area (Å²) in [6, 6.07) is 5.03. The molecule has 0 bridgehead atoms. The molecule has 6 heteroatoms. The summed E-state index contributed by atoms with van der Waals surface area (Å²) in [5, 5.41) is 18.9. The minimum absolute atomic E-state index is 0.0890. The van der Waals surface area contributed by atoms with Crippen molar-refractivity contribution in [3.05, 3.63) is 53.8 Å². The molecule has 0 aliphatic carbocycles. The van der Waals surface area contributed by atoms with Gasteiger partial charge < -0.3 is 19.5 Å². The lowest BCUT2D eigenvalue weighted by Gasteiger charge is -2.09. The Morgan fingerprint density at radius 1 is 1.35 bits per heavy atom. The van der Waals surface area contributed by atoms with E-state index in [4.69, 9.17) is 9.84 Å². The van der Waals surface area contributed by atoms with Crippen LogP contribution in [-0.2, 0) is 11.3 Å². The van der Waals surface area contributed by atoms with Crippen LogP contribution in [0.15, 0.2) is 42.5 Å². The number of fused-ring (bicyclic) bond motifs is 1. The van der Waals surface area contributed by atoms with E-state index in [2.05, 4.69) is 18.4 Å². The molecule has 1 heterocycles. The maximum atomic E-state index is 11.8. The first kappa shape index (κ1) is 18.9. The van der Waals surface area contributed by atoms with Crippen molar-refractivity contribution < 1.29 is 24.5 Å². The van der Waals surface area contributed by atoms with E-state index in [1.807, 2.05) is 4.57 Å². The quantitative estimate of drug-likeness (QED) is 0.589. The second-order valence-electron chi connectivity index (χ2n) is 5.57. The van der Waals surface area contributed by atoms with Crippen LogP contribution in [-0.4, -0.2) is 33.3 Å². The molecule has 0 unspecified atom stereocenters. The number of benzene rings is 1. The monoisotopic (exact) mass is 353 g/mol. The van der Waals surface area contributed by atoms with Crippen molar-refractivity contribution >= 4 is 22.8 Å². The third-order valence-corrected chi connectivity index (χ3v) is 3.78. The predicted molar refractivity (Wildman–Crippen MR) is 98.5 cm³/mol. The summed E-state index contributed by atoms with van der Waals surface area (Å²) in [6.07, 6.45) is 3.45. The van der Waals surface area contributed by atoms with E-state index in [1.54, 1.807) is 44.2 Å². The highest BCUT2D eigenvalue weighted by molar-refractivity contribution is 6.07. The number of aromatic carboxylic acids is 1. The lowest BCUT2D eigenvalue weighted by atomic mass is 10.1. The standard InChI is InChI=1S/C20H19NO5/c1-4-5-6-8-13(2)11-21-14(3)18(20(24)25)19-15(21)9-7-10-16(19)26-12-17(22)23/h6-10H,2,11-12H2,1,3H3,(H,22,23)(H,24,25)/b8-6-. The summed E-state index contributed by atoms with van der Waals surface area (Å²) in [5.41, 5.74) is 2.02. The van der Waals surface area contributed by atoms with Crippen molar-refractivity contribution in [2.24, 2.45) is 0 Å². The summed E-state index contributed by atoms with van der Waals surface area (Å²) in [6.45, 7) is 7.23. The first-order valence-electron chi connectivity index (χ1n) is 7.83. The summed E-state index contributed by atoms with van der Waals surface area (Å²) in [7, 11) is 0. The van der Waals surface area contributed by atoms with E-state index in [-0.39, 0.29) is 11.3 Å². The van der Waals surface area contributed by atoms with Crippen LogP contribution in [0.25, 0.3) is 10.9 Å². The Morgan fingerprint density at radius 2 is 2.08 bits per heavy atom. The van der Waals surface area contributed by atoms with Gasteiger partial charge in [-0.05, 0) is 43.7 Å². The van der Waals surface area contributed by atoms with Gasteiger partial charge in [0.15, 0.2) is 6.61 Å². The number of hydrogen-bond acceptors (Lipinski definition) is 3. The lowest BCUT2D eigenvalue weighted by molar-refractivity contribution is -0.139. The zero-order chi connectivity index (χ0) is 19.3. The minimum atomic E-state index is -1.13. The molecule has 0 saturated carbocycles. The van der Waals surface area contributed by atoms with E-state index in [9.17, 15) is 14.7 Å². The zero-order valence-electron chi connectivity index (χ0n) is 14.6. The van der Waals surface area contributed by atoms with Crippen LogP contribution in [0.4, 0.5) is 0 Å². The number of aromatic nitrogens is 1. The maximum Gasteiger partial charge on any atom is 0.341 e. The van der Waals surface area contributed by atoms with Crippen LogP contribution < -0.4 is 4.74 Å². The smallest absolute Gasteiger partial charge is 0.341 e. The highest BCUT2D eigenvalue weighted by atomic mass is 16.5. The molecule has 0 aliphatic rings. The van der Waals surface area contributed by atoms with Crippen LogP contribution in [0.5, 0.6) is 5.75 Å². The van der Waals surface area contributed by atoms with Crippen molar-refractivity contribution in [3.8, 4) is 17.6 Å². The Morgan fingerprint density at radius 3 is 2.69 bits per heavy atom. The van der Waals surface area contributed by atoms with Gasteiger partial charge in [-0.1, -0.05) is 18.6 Å². The topological polar surface area (TPSA) is 88.8 Å². The molecule has 6 nitrogen and oxygen atoms in total. The molecule has 0 radical (unpaired) electrons. The minimum Gasteiger partial charge on any atom is -0.481 e. The van der Waals surface area contributed by atoms with Crippen molar-refractivity contribution in [1.29, 1.82) is 0 Å². The van der Waals surface area contributed by atoms with Crippen molar-refractivity contribution in [2.45, 2.75) is 20.4 Å². The molecular formula is C20H19NO5. The Kier molecular flexibility index (Phi) is 5.86. The second kappa shape index (κ2) is 8.08. The molecule has 2 aromatic rings. The van der Waals surface area contributed by atoms with Gasteiger partial charge in [0.2, 0.25) is 0 Å². The van der Waals surface area contributed by atoms with E-state index in [0.717, 1.165) is 5.57 Å². The van der Waals surface area contributed by atoms with Crippen LogP contribution in [0.2, 0.25) is 0 Å². The van der Waals surface area contributed by atoms with Gasteiger partial charge in [-0.3, -0.25) is 0 Å². The highest BCUT2D eigenvalue weighted by Gasteiger charge is 2.22. The molecule has 0 spiro atoms. The van der Waals surface area contributed by atoms with E-state index < -0.39 is 18.5 Å². The number of hydrogen-bond donors (Lipinski definition) is 2. The van der Waals surface area contributed by atoms with Crippen molar-refractivity contribution in [2.75, 3.05) is 6.61 Å². The molecule has 0 saturated heterocycles. The molecule has 26 heavy (non-hydrogen) atoms. The van der Waals surface area contributed by atoms with Crippen LogP contribution in [0.1, 0.15) is 23.0 Å². The van der Waals surface area contributed by atoms with E-state index >= 15 is 0 Å². The highest BCUT2D eigenvalue weighted by Crippen LogP contribution is 2.34. The molecule has 0 amide bonds. The Labute approximate surface area is 151 Å². The van der Waals surface area contributed by atoms with Gasteiger partial charge in [0, 0.05) is 12.2 Å². The molecule has 2 N–H and O–H groups in total. The second-order valence-corrected chi connectivity index (χ2v) is 5.57. The fourth-order valence-corrected chi connectivity index (χ4v) is 2.72. The molecule has 0 atom stereocenters. The Balaban J connectivity index is 2.57. The van der Waals surface area contributed by atoms with Gasteiger partial charge in [0.05, 0.1) is 16.5 Å². The van der Waals surface area contributed by atoms with Gasteiger partial charge >= 0.3 is 11.9 Å². The first-order chi connectivity index (χ1) is 12.4. The molecule has 0 fully saturated rings. The molecule has 134 valence electrons. The summed E-state index contributed by atoms with van der Waals surface area (Å²) < 4.78 is 7.11. The number of aliphatic carboxylic acids is 1. The first-order valence-corrected chi connectivity index (χ1v) is 7.83. The predicted octanol–water partition coefficient (Wildman–Crippen LogP) is 3.25. The largest absolute Gasteiger partial charge is 0.481 e. The normalized spacial score (nSPS) is 10.5. The number of rotatable bonds is 7. The average Bonchev–Trinajstić information content (AvgIpc) is 2.86. The van der Waals surface area contributed by atoms with Gasteiger partial charge in [-0.25, -0.2) is 9.59 Å². The zero-order valence-corrected chi connectivity index (χ0v) is 14.6. The number of carboxylic acids is 2. The summed E-state index contributed by atoms with van der Waals surface area (Å²) in [4.78, 5) is 22.6. The van der Waals surface area contributed by atoms with Gasteiger partial charge in [-0.15, -0.1) is 5.92 Å². The summed E-state index contributed by atoms with van der Waals surface area (Å²) in [5.74, 6) is 3.55. The number of ether oxygens (including phenoxy) is 1. The SMILES string of the molecule is C=C(/C=C\C#CC)Cn1c(C)c(C(=O)O)c2c(OCC(=O)O)cccc21. The number of nitrogens with zero attached hydrogens (tertiary/aromatic N) is 1.